The number of aromatic nitrogens is 4. The summed E-state index contributed by atoms with van der Waals surface area (Å²) in [4.78, 5) is 12.2. The predicted octanol–water partition coefficient (Wildman–Crippen LogP) is 4.51. The molecule has 1 saturated heterocycles. The summed E-state index contributed by atoms with van der Waals surface area (Å²) in [6.45, 7) is 8.75. The minimum absolute atomic E-state index is 0.212. The molecular weight excluding hydrogens is 464 g/mol. The van der Waals surface area contributed by atoms with Crippen LogP contribution in [0.25, 0.3) is 5.65 Å². The molecule has 36 heavy (non-hydrogen) atoms. The lowest BCUT2D eigenvalue weighted by molar-refractivity contribution is 0.299. The van der Waals surface area contributed by atoms with E-state index in [4.69, 9.17) is 14.7 Å². The van der Waals surface area contributed by atoms with E-state index in [1.165, 1.54) is 6.07 Å². The largest absolute Gasteiger partial charge is 0.493 e. The maximum Gasteiger partial charge on any atom is 0.230 e. The number of piperidine rings is 1. The van der Waals surface area contributed by atoms with Crippen molar-refractivity contribution in [1.82, 2.24) is 24.9 Å². The number of nitrogens with one attached hydrogen (secondary N) is 2. The van der Waals surface area contributed by atoms with E-state index in [1.54, 1.807) is 4.52 Å². The molecule has 4 heterocycles. The van der Waals surface area contributed by atoms with Crippen molar-refractivity contribution in [3.05, 3.63) is 41.1 Å². The van der Waals surface area contributed by atoms with Gasteiger partial charge in [-0.25, -0.2) is 8.78 Å². The van der Waals surface area contributed by atoms with Gasteiger partial charge in [0.15, 0.2) is 17.3 Å². The highest BCUT2D eigenvalue weighted by Gasteiger charge is 2.23. The van der Waals surface area contributed by atoms with Gasteiger partial charge in [-0.3, -0.25) is 0 Å². The Labute approximate surface area is 210 Å². The molecule has 0 spiro atoms. The van der Waals surface area contributed by atoms with Crippen LogP contribution >= 0.6 is 0 Å². The number of rotatable bonds is 3. The molecule has 2 aromatic heterocycles. The van der Waals surface area contributed by atoms with Gasteiger partial charge in [-0.1, -0.05) is 13.8 Å². The summed E-state index contributed by atoms with van der Waals surface area (Å²) in [5.41, 5.74) is 2.34. The van der Waals surface area contributed by atoms with Crippen molar-refractivity contribution in [2.45, 2.75) is 58.4 Å². The zero-order valence-electron chi connectivity index (χ0n) is 21.1. The molecule has 5 rings (SSSR count). The Hall–Kier alpha value is -3.01. The van der Waals surface area contributed by atoms with Crippen LogP contribution in [-0.4, -0.2) is 52.4 Å². The van der Waals surface area contributed by atoms with Crippen LogP contribution in [0.2, 0.25) is 0 Å². The van der Waals surface area contributed by atoms with Crippen LogP contribution in [0.5, 0.6) is 5.75 Å². The van der Waals surface area contributed by atoms with Crippen molar-refractivity contribution in [1.29, 1.82) is 0 Å². The molecule has 2 bridgehead atoms. The first-order valence-electron chi connectivity index (χ1n) is 13.1. The first kappa shape index (κ1) is 24.7. The van der Waals surface area contributed by atoms with Crippen LogP contribution in [0, 0.1) is 17.6 Å². The van der Waals surface area contributed by atoms with E-state index in [1.807, 2.05) is 6.20 Å². The molecular formula is C26H35F2N7O. The van der Waals surface area contributed by atoms with E-state index >= 15 is 0 Å². The van der Waals surface area contributed by atoms with Gasteiger partial charge in [-0.2, -0.15) is 19.6 Å². The molecule has 2 aliphatic rings. The lowest BCUT2D eigenvalue weighted by atomic mass is 9.97. The summed E-state index contributed by atoms with van der Waals surface area (Å²) < 4.78 is 35.6. The highest BCUT2D eigenvalue weighted by Crippen LogP contribution is 2.28. The molecule has 10 heteroatoms. The first-order chi connectivity index (χ1) is 17.5. The number of hydrogen-bond donors (Lipinski definition) is 2. The molecule has 8 nitrogen and oxygen atoms in total. The zero-order valence-corrected chi connectivity index (χ0v) is 21.1. The third-order valence-electron chi connectivity index (χ3n) is 7.10. The third-order valence-corrected chi connectivity index (χ3v) is 7.10. The molecule has 0 saturated carbocycles. The van der Waals surface area contributed by atoms with Gasteiger partial charge in [0.25, 0.3) is 0 Å². The number of halogens is 2. The molecule has 0 unspecified atom stereocenters. The Morgan fingerprint density at radius 1 is 1.08 bits per heavy atom. The highest BCUT2D eigenvalue weighted by atomic mass is 19.2. The van der Waals surface area contributed by atoms with Gasteiger partial charge in [-0.15, -0.1) is 0 Å². The number of anilines is 2. The monoisotopic (exact) mass is 499 g/mol. The van der Waals surface area contributed by atoms with Gasteiger partial charge in [0, 0.05) is 36.8 Å². The molecule has 1 aromatic carbocycles. The maximum absolute atomic E-state index is 14.1. The molecule has 0 radical (unpaired) electrons. The minimum Gasteiger partial charge on any atom is -0.493 e. The standard InChI is InChI=1S/C26H35F2N7O/c1-17(2)20-15-31-35-24(20)32-26-33-25(35)30-14-19-12-21(27)22(28)13-23(19)36-11-5-3-4-10-34(26)16-18-6-8-29-9-7-18/h12-13,15,17-18,29H,3-11,14,16H2,1-2H3,(H,30,32,33). The van der Waals surface area contributed by atoms with E-state index in [-0.39, 0.29) is 12.5 Å². The van der Waals surface area contributed by atoms with Crippen LogP contribution in [-0.2, 0) is 6.54 Å². The van der Waals surface area contributed by atoms with Crippen molar-refractivity contribution in [2.75, 3.05) is 43.0 Å². The smallest absolute Gasteiger partial charge is 0.230 e. The molecule has 0 atom stereocenters. The Morgan fingerprint density at radius 2 is 1.89 bits per heavy atom. The third kappa shape index (κ3) is 5.38. The van der Waals surface area contributed by atoms with Gasteiger partial charge in [-0.05, 0) is 63.1 Å². The normalized spacial score (nSPS) is 18.0. The van der Waals surface area contributed by atoms with Crippen LogP contribution in [0.3, 0.4) is 0 Å². The fraction of sp³-hybridized carbons (Fsp3) is 0.577. The SMILES string of the molecule is CC(C)c1cnn2c3nc(nc12)N(CC1CCNCC1)CCCCCOc1cc(F)c(F)cc1CN3. The van der Waals surface area contributed by atoms with Gasteiger partial charge in [0.1, 0.15) is 5.75 Å². The second kappa shape index (κ2) is 10.9. The molecule has 194 valence electrons. The highest BCUT2D eigenvalue weighted by molar-refractivity contribution is 5.56. The van der Waals surface area contributed by atoms with Crippen LogP contribution in [0.15, 0.2) is 18.3 Å². The van der Waals surface area contributed by atoms with Crippen LogP contribution in [0.4, 0.5) is 20.7 Å². The van der Waals surface area contributed by atoms with Gasteiger partial charge >= 0.3 is 0 Å². The number of benzene rings is 1. The van der Waals surface area contributed by atoms with E-state index in [9.17, 15) is 8.78 Å². The number of fused-ring (bicyclic) bond motifs is 5. The molecule has 0 amide bonds. The quantitative estimate of drug-likeness (QED) is 0.549. The lowest BCUT2D eigenvalue weighted by Gasteiger charge is -2.30. The van der Waals surface area contributed by atoms with Gasteiger partial charge < -0.3 is 20.3 Å². The number of nitrogens with zero attached hydrogens (tertiary/aromatic N) is 5. The Balaban J connectivity index is 1.55. The lowest BCUT2D eigenvalue weighted by Crippen LogP contribution is -2.37. The second-order valence-corrected chi connectivity index (χ2v) is 10.1. The number of hydrogen-bond acceptors (Lipinski definition) is 7. The molecule has 3 aromatic rings. The fourth-order valence-electron chi connectivity index (χ4n) is 4.98. The summed E-state index contributed by atoms with van der Waals surface area (Å²) in [6.07, 6.45) is 6.87. The van der Waals surface area contributed by atoms with Crippen molar-refractivity contribution in [3.8, 4) is 5.75 Å². The summed E-state index contributed by atoms with van der Waals surface area (Å²) in [7, 11) is 0. The van der Waals surface area contributed by atoms with E-state index in [0.717, 1.165) is 75.6 Å². The molecule has 0 aliphatic carbocycles. The Bertz CT molecular complexity index is 1190. The fourth-order valence-corrected chi connectivity index (χ4v) is 4.98. The van der Waals surface area contributed by atoms with E-state index < -0.39 is 11.6 Å². The van der Waals surface area contributed by atoms with E-state index in [0.29, 0.717) is 35.7 Å². The zero-order chi connectivity index (χ0) is 25.1. The molecule has 1 fully saturated rings. The summed E-state index contributed by atoms with van der Waals surface area (Å²) in [5, 5.41) is 11.3. The second-order valence-electron chi connectivity index (χ2n) is 10.1. The summed E-state index contributed by atoms with van der Waals surface area (Å²) in [6, 6.07) is 2.32. The first-order valence-corrected chi connectivity index (χ1v) is 13.1. The number of ether oxygens (including phenoxy) is 1. The van der Waals surface area contributed by atoms with Crippen molar-refractivity contribution >= 4 is 17.5 Å². The van der Waals surface area contributed by atoms with Crippen molar-refractivity contribution in [2.24, 2.45) is 5.92 Å². The topological polar surface area (TPSA) is 79.6 Å². The van der Waals surface area contributed by atoms with Crippen molar-refractivity contribution in [3.63, 3.8) is 0 Å². The predicted molar refractivity (Wildman–Crippen MR) is 136 cm³/mol. The summed E-state index contributed by atoms with van der Waals surface area (Å²) in [5.74, 6) is 0.568. The molecule has 2 N–H and O–H groups in total. The van der Waals surface area contributed by atoms with Gasteiger partial charge in [0.05, 0.1) is 12.8 Å². The Morgan fingerprint density at radius 3 is 2.69 bits per heavy atom. The van der Waals surface area contributed by atoms with Crippen LogP contribution in [0.1, 0.15) is 63.0 Å². The van der Waals surface area contributed by atoms with E-state index in [2.05, 4.69) is 34.5 Å². The van der Waals surface area contributed by atoms with Gasteiger partial charge in [0.2, 0.25) is 11.9 Å². The van der Waals surface area contributed by atoms with Crippen LogP contribution < -0.4 is 20.3 Å². The average Bonchev–Trinajstić information content (AvgIpc) is 3.31. The average molecular weight is 500 g/mol. The van der Waals surface area contributed by atoms with Crippen molar-refractivity contribution < 1.29 is 13.5 Å². The maximum atomic E-state index is 14.1. The summed E-state index contributed by atoms with van der Waals surface area (Å²) >= 11 is 0. The molecule has 2 aliphatic heterocycles. The Kier molecular flexibility index (Phi) is 7.50. The minimum atomic E-state index is -0.913.